The maximum Gasteiger partial charge on any atom is 0.225 e. The Morgan fingerprint density at radius 1 is 1.13 bits per heavy atom. The number of Topliss-reactive ketones (excluding diaryl/α,β-unsaturated/α-hetero) is 1. The van der Waals surface area contributed by atoms with Crippen molar-refractivity contribution in [2.24, 2.45) is 0 Å². The molecule has 6 nitrogen and oxygen atoms in total. The van der Waals surface area contributed by atoms with Gasteiger partial charge < -0.3 is 15.0 Å². The first-order valence-electron chi connectivity index (χ1n) is 9.89. The molecule has 0 spiro atoms. The van der Waals surface area contributed by atoms with Gasteiger partial charge in [0.15, 0.2) is 5.78 Å². The molecule has 1 aliphatic rings. The molecule has 1 aliphatic heterocycles. The van der Waals surface area contributed by atoms with Gasteiger partial charge in [-0.25, -0.2) is 0 Å². The van der Waals surface area contributed by atoms with Crippen LogP contribution in [0.1, 0.15) is 48.1 Å². The molecule has 2 atom stereocenters. The largest absolute Gasteiger partial charge is 0.494 e. The molecule has 3 rings (SSSR count). The van der Waals surface area contributed by atoms with Crippen molar-refractivity contribution in [3.05, 3.63) is 64.7 Å². The van der Waals surface area contributed by atoms with E-state index >= 15 is 0 Å². The van der Waals surface area contributed by atoms with Gasteiger partial charge in [0.1, 0.15) is 5.75 Å². The van der Waals surface area contributed by atoms with Crippen LogP contribution in [-0.2, 0) is 9.59 Å². The molecule has 0 aliphatic carbocycles. The zero-order valence-corrected chi connectivity index (χ0v) is 17.8. The summed E-state index contributed by atoms with van der Waals surface area (Å²) in [4.78, 5) is 37.6. The van der Waals surface area contributed by atoms with Gasteiger partial charge in [-0.3, -0.25) is 14.4 Å². The number of nitrogens with one attached hydrogen (secondary N) is 1. The average Bonchev–Trinajstić information content (AvgIpc) is 2.99. The molecular weight excluding hydrogens is 404 g/mol. The fourth-order valence-corrected chi connectivity index (χ4v) is 3.73. The monoisotopic (exact) mass is 428 g/mol. The molecule has 7 heteroatoms. The highest BCUT2D eigenvalue weighted by atomic mass is 35.5. The van der Waals surface area contributed by atoms with Gasteiger partial charge in [0.05, 0.1) is 18.7 Å². The third kappa shape index (κ3) is 5.39. The number of carbonyl (C=O) groups is 3. The number of likely N-dealkylation sites (tertiary alicyclic amines) is 1. The predicted octanol–water partition coefficient (Wildman–Crippen LogP) is 3.79. The summed E-state index contributed by atoms with van der Waals surface area (Å²) < 4.78 is 5.63. The van der Waals surface area contributed by atoms with Crippen molar-refractivity contribution in [1.29, 1.82) is 0 Å². The van der Waals surface area contributed by atoms with Crippen molar-refractivity contribution in [3.63, 3.8) is 0 Å². The van der Waals surface area contributed by atoms with Crippen LogP contribution in [0.15, 0.2) is 48.5 Å². The number of halogens is 1. The van der Waals surface area contributed by atoms with Crippen molar-refractivity contribution in [2.45, 2.75) is 38.3 Å². The molecule has 0 saturated carbocycles. The summed E-state index contributed by atoms with van der Waals surface area (Å²) in [5.74, 6) is 0.549. The number of benzene rings is 2. The van der Waals surface area contributed by atoms with Gasteiger partial charge in [0.25, 0.3) is 0 Å². The average molecular weight is 429 g/mol. The lowest BCUT2D eigenvalue weighted by molar-refractivity contribution is -0.127. The summed E-state index contributed by atoms with van der Waals surface area (Å²) in [5, 5.41) is 3.62. The van der Waals surface area contributed by atoms with E-state index in [0.29, 0.717) is 35.8 Å². The number of hydrogen-bond donors (Lipinski definition) is 1. The molecule has 0 bridgehead atoms. The Balaban J connectivity index is 1.49. The second-order valence-corrected chi connectivity index (χ2v) is 7.85. The lowest BCUT2D eigenvalue weighted by atomic mass is 10.00. The molecule has 2 aromatic rings. The zero-order chi connectivity index (χ0) is 21.7. The number of rotatable bonds is 8. The smallest absolute Gasteiger partial charge is 0.225 e. The van der Waals surface area contributed by atoms with Crippen LogP contribution < -0.4 is 10.1 Å². The summed E-state index contributed by atoms with van der Waals surface area (Å²) >= 11 is 5.96. The molecule has 158 valence electrons. The molecule has 1 N–H and O–H groups in total. The van der Waals surface area contributed by atoms with Gasteiger partial charge in [-0.2, -0.15) is 0 Å². The van der Waals surface area contributed by atoms with Crippen LogP contribution in [0.3, 0.4) is 0 Å². The standard InChI is InChI=1S/C23H25ClN2O4/c1-15(27)16-7-11-19(12-8-16)30-13-3-4-21(28)25-20-14-22(29)26(2)23(20)17-5-9-18(24)10-6-17/h5-12,20,23H,3-4,13-14H2,1-2H3,(H,25,28)/t20-,23-/m1/s1. The van der Waals surface area contributed by atoms with E-state index in [1.54, 1.807) is 48.3 Å². The van der Waals surface area contributed by atoms with E-state index in [4.69, 9.17) is 16.3 Å². The summed E-state index contributed by atoms with van der Waals surface area (Å²) in [6, 6.07) is 13.8. The van der Waals surface area contributed by atoms with Crippen LogP contribution in [0.25, 0.3) is 0 Å². The molecule has 1 fully saturated rings. The lowest BCUT2D eigenvalue weighted by Gasteiger charge is -2.26. The Morgan fingerprint density at radius 3 is 2.43 bits per heavy atom. The maximum absolute atomic E-state index is 12.4. The fourth-order valence-electron chi connectivity index (χ4n) is 3.60. The predicted molar refractivity (Wildman–Crippen MR) is 115 cm³/mol. The van der Waals surface area contributed by atoms with Crippen LogP contribution >= 0.6 is 11.6 Å². The summed E-state index contributed by atoms with van der Waals surface area (Å²) in [6.07, 6.45) is 1.12. The number of hydrogen-bond acceptors (Lipinski definition) is 4. The summed E-state index contributed by atoms with van der Waals surface area (Å²) in [6.45, 7) is 1.90. The highest BCUT2D eigenvalue weighted by Gasteiger charge is 2.39. The van der Waals surface area contributed by atoms with E-state index < -0.39 is 0 Å². The number of ether oxygens (including phenoxy) is 1. The van der Waals surface area contributed by atoms with Crippen molar-refractivity contribution in [3.8, 4) is 5.75 Å². The van der Waals surface area contributed by atoms with Crippen molar-refractivity contribution < 1.29 is 19.1 Å². The Morgan fingerprint density at radius 2 is 1.80 bits per heavy atom. The molecular formula is C23H25ClN2O4. The van der Waals surface area contributed by atoms with E-state index in [0.717, 1.165) is 5.56 Å². The number of ketones is 1. The number of likely N-dealkylation sites (N-methyl/N-ethyl adjacent to an activating group) is 1. The van der Waals surface area contributed by atoms with Gasteiger partial charge in [0, 0.05) is 30.5 Å². The van der Waals surface area contributed by atoms with Gasteiger partial charge >= 0.3 is 0 Å². The minimum atomic E-state index is -0.281. The van der Waals surface area contributed by atoms with Gasteiger partial charge in [-0.05, 0) is 55.3 Å². The summed E-state index contributed by atoms with van der Waals surface area (Å²) in [5.41, 5.74) is 1.57. The van der Waals surface area contributed by atoms with E-state index in [-0.39, 0.29) is 36.1 Å². The Bertz CT molecular complexity index is 912. The molecule has 1 heterocycles. The quantitative estimate of drug-likeness (QED) is 0.512. The highest BCUT2D eigenvalue weighted by molar-refractivity contribution is 6.30. The minimum Gasteiger partial charge on any atom is -0.494 e. The topological polar surface area (TPSA) is 75.7 Å². The van der Waals surface area contributed by atoms with Crippen LogP contribution in [0, 0.1) is 0 Å². The summed E-state index contributed by atoms with van der Waals surface area (Å²) in [7, 11) is 1.75. The van der Waals surface area contributed by atoms with Crippen molar-refractivity contribution >= 4 is 29.2 Å². The van der Waals surface area contributed by atoms with Crippen molar-refractivity contribution in [2.75, 3.05) is 13.7 Å². The number of carbonyl (C=O) groups excluding carboxylic acids is 3. The van der Waals surface area contributed by atoms with Gasteiger partial charge in [0.2, 0.25) is 11.8 Å². The van der Waals surface area contributed by atoms with Gasteiger partial charge in [-0.1, -0.05) is 23.7 Å². The Kier molecular flexibility index (Phi) is 7.11. The first kappa shape index (κ1) is 21.8. The maximum atomic E-state index is 12.4. The normalized spacial score (nSPS) is 18.4. The van der Waals surface area contributed by atoms with Gasteiger partial charge in [-0.15, -0.1) is 0 Å². The Hall–Kier alpha value is -2.86. The molecule has 2 aromatic carbocycles. The Labute approximate surface area is 181 Å². The van der Waals surface area contributed by atoms with E-state index in [1.165, 1.54) is 6.92 Å². The van der Waals surface area contributed by atoms with Crippen molar-refractivity contribution in [1.82, 2.24) is 10.2 Å². The second kappa shape index (κ2) is 9.76. The minimum absolute atomic E-state index is 0.00223. The molecule has 0 aromatic heterocycles. The lowest BCUT2D eigenvalue weighted by Crippen LogP contribution is -2.39. The molecule has 0 unspecified atom stereocenters. The van der Waals surface area contributed by atoms with E-state index in [9.17, 15) is 14.4 Å². The zero-order valence-electron chi connectivity index (χ0n) is 17.1. The van der Waals surface area contributed by atoms with E-state index in [2.05, 4.69) is 5.32 Å². The van der Waals surface area contributed by atoms with Crippen LogP contribution in [-0.4, -0.2) is 42.2 Å². The SMILES string of the molecule is CC(=O)c1ccc(OCCCC(=O)N[C@@H]2CC(=O)N(C)[C@@H]2c2ccc(Cl)cc2)cc1. The molecule has 1 saturated heterocycles. The third-order valence-electron chi connectivity index (χ3n) is 5.22. The van der Waals surface area contributed by atoms with E-state index in [1.807, 2.05) is 12.1 Å². The van der Waals surface area contributed by atoms with Crippen LogP contribution in [0.5, 0.6) is 5.75 Å². The molecule has 0 radical (unpaired) electrons. The molecule has 2 amide bonds. The number of nitrogens with zero attached hydrogens (tertiary/aromatic N) is 1. The van der Waals surface area contributed by atoms with Crippen LogP contribution in [0.2, 0.25) is 5.02 Å². The number of amides is 2. The third-order valence-corrected chi connectivity index (χ3v) is 5.47. The van der Waals surface area contributed by atoms with Crippen LogP contribution in [0.4, 0.5) is 0 Å². The first-order chi connectivity index (χ1) is 14.3. The second-order valence-electron chi connectivity index (χ2n) is 7.41. The highest BCUT2D eigenvalue weighted by Crippen LogP contribution is 2.32. The fraction of sp³-hybridized carbons (Fsp3) is 0.348. The first-order valence-corrected chi connectivity index (χ1v) is 10.3. The molecule has 30 heavy (non-hydrogen) atoms.